The highest BCUT2D eigenvalue weighted by Gasteiger charge is 2.32. The lowest BCUT2D eigenvalue weighted by Gasteiger charge is -2.08. The zero-order valence-electron chi connectivity index (χ0n) is 10.4. The molecule has 0 amide bonds. The molecule has 92 valence electrons. The zero-order chi connectivity index (χ0) is 12.7. The standard InChI is InChI=1S/C14H14N2OS/c1-8-14(18-9(2)16-8)13(17)11-6-5-10-4-3-7-15-12(10)11/h3-4,7,11H,5-6H2,1-2H3. The molecule has 18 heavy (non-hydrogen) atoms. The lowest BCUT2D eigenvalue weighted by Crippen LogP contribution is -2.11. The maximum atomic E-state index is 12.6. The fourth-order valence-electron chi connectivity index (χ4n) is 2.59. The SMILES string of the molecule is Cc1nc(C)c(C(=O)C2CCc3cccnc32)s1. The number of fused-ring (bicyclic) bond motifs is 1. The van der Waals surface area contributed by atoms with Gasteiger partial charge in [-0.05, 0) is 38.3 Å². The van der Waals surface area contributed by atoms with Crippen molar-refractivity contribution in [2.24, 2.45) is 0 Å². The molecule has 0 spiro atoms. The Balaban J connectivity index is 1.98. The molecule has 1 unspecified atom stereocenters. The van der Waals surface area contributed by atoms with Crippen LogP contribution in [0.5, 0.6) is 0 Å². The van der Waals surface area contributed by atoms with Crippen molar-refractivity contribution >= 4 is 17.1 Å². The molecule has 4 heteroatoms. The normalized spacial score (nSPS) is 17.8. The number of thiazole rings is 1. The first kappa shape index (κ1) is 11.5. The largest absolute Gasteiger partial charge is 0.292 e. The third kappa shape index (κ3) is 1.77. The van der Waals surface area contributed by atoms with Gasteiger partial charge in [0.2, 0.25) is 0 Å². The van der Waals surface area contributed by atoms with E-state index in [1.54, 1.807) is 6.20 Å². The van der Waals surface area contributed by atoms with E-state index in [4.69, 9.17) is 0 Å². The zero-order valence-corrected chi connectivity index (χ0v) is 11.3. The van der Waals surface area contributed by atoms with Gasteiger partial charge in [-0.1, -0.05) is 6.07 Å². The Labute approximate surface area is 110 Å². The van der Waals surface area contributed by atoms with E-state index in [2.05, 4.69) is 16.0 Å². The molecule has 0 bridgehead atoms. The van der Waals surface area contributed by atoms with Crippen LogP contribution in [0, 0.1) is 13.8 Å². The first-order chi connectivity index (χ1) is 8.66. The average molecular weight is 258 g/mol. The average Bonchev–Trinajstić information content (AvgIpc) is 2.92. The summed E-state index contributed by atoms with van der Waals surface area (Å²) in [5, 5.41) is 0.954. The van der Waals surface area contributed by atoms with E-state index in [9.17, 15) is 4.79 Å². The quantitative estimate of drug-likeness (QED) is 0.777. The van der Waals surface area contributed by atoms with Crippen LogP contribution in [-0.4, -0.2) is 15.8 Å². The van der Waals surface area contributed by atoms with E-state index in [1.807, 2.05) is 19.9 Å². The topological polar surface area (TPSA) is 42.9 Å². The minimum atomic E-state index is -0.0697. The number of hydrogen-bond acceptors (Lipinski definition) is 4. The van der Waals surface area contributed by atoms with E-state index >= 15 is 0 Å². The molecular weight excluding hydrogens is 244 g/mol. The minimum absolute atomic E-state index is 0.0697. The summed E-state index contributed by atoms with van der Waals surface area (Å²) in [7, 11) is 0. The number of ketones is 1. The Morgan fingerprint density at radius 2 is 2.28 bits per heavy atom. The lowest BCUT2D eigenvalue weighted by molar-refractivity contribution is 0.0961. The van der Waals surface area contributed by atoms with Gasteiger partial charge in [-0.25, -0.2) is 4.98 Å². The lowest BCUT2D eigenvalue weighted by atomic mass is 9.99. The molecule has 0 saturated carbocycles. The van der Waals surface area contributed by atoms with Crippen molar-refractivity contribution < 1.29 is 4.79 Å². The predicted molar refractivity (Wildman–Crippen MR) is 71.2 cm³/mol. The van der Waals surface area contributed by atoms with Crippen molar-refractivity contribution in [3.63, 3.8) is 0 Å². The van der Waals surface area contributed by atoms with Crippen molar-refractivity contribution in [1.29, 1.82) is 0 Å². The molecule has 0 radical (unpaired) electrons. The maximum Gasteiger partial charge on any atom is 0.183 e. The molecule has 0 fully saturated rings. The number of nitrogens with zero attached hydrogens (tertiary/aromatic N) is 2. The van der Waals surface area contributed by atoms with Crippen LogP contribution in [0.25, 0.3) is 0 Å². The molecule has 1 aliphatic carbocycles. The van der Waals surface area contributed by atoms with Gasteiger partial charge >= 0.3 is 0 Å². The van der Waals surface area contributed by atoms with Gasteiger partial charge in [0, 0.05) is 6.20 Å². The van der Waals surface area contributed by atoms with Crippen LogP contribution >= 0.6 is 11.3 Å². The molecule has 1 atom stereocenters. The highest BCUT2D eigenvalue weighted by atomic mass is 32.1. The van der Waals surface area contributed by atoms with Crippen LogP contribution in [-0.2, 0) is 6.42 Å². The molecule has 1 aliphatic rings. The molecular formula is C14H14N2OS. The molecule has 3 nitrogen and oxygen atoms in total. The maximum absolute atomic E-state index is 12.6. The van der Waals surface area contributed by atoms with Crippen LogP contribution in [0.3, 0.4) is 0 Å². The van der Waals surface area contributed by atoms with Crippen LogP contribution in [0.1, 0.15) is 44.0 Å². The van der Waals surface area contributed by atoms with E-state index in [-0.39, 0.29) is 11.7 Å². The fraction of sp³-hybridized carbons (Fsp3) is 0.357. The third-order valence-electron chi connectivity index (χ3n) is 3.40. The van der Waals surface area contributed by atoms with Gasteiger partial charge in [-0.3, -0.25) is 9.78 Å². The van der Waals surface area contributed by atoms with Gasteiger partial charge in [-0.2, -0.15) is 0 Å². The number of aryl methyl sites for hydroxylation is 3. The minimum Gasteiger partial charge on any atom is -0.292 e. The highest BCUT2D eigenvalue weighted by molar-refractivity contribution is 7.13. The summed E-state index contributed by atoms with van der Waals surface area (Å²) in [5.74, 6) is 0.121. The van der Waals surface area contributed by atoms with Crippen LogP contribution < -0.4 is 0 Å². The number of aromatic nitrogens is 2. The van der Waals surface area contributed by atoms with Crippen molar-refractivity contribution in [2.75, 3.05) is 0 Å². The number of carbonyl (C=O) groups excluding carboxylic acids is 1. The first-order valence-electron chi connectivity index (χ1n) is 6.09. The van der Waals surface area contributed by atoms with Gasteiger partial charge in [0.05, 0.1) is 27.2 Å². The summed E-state index contributed by atoms with van der Waals surface area (Å²) in [5.41, 5.74) is 3.04. The molecule has 0 N–H and O–H groups in total. The second-order valence-electron chi connectivity index (χ2n) is 4.65. The van der Waals surface area contributed by atoms with Gasteiger partial charge in [0.1, 0.15) is 0 Å². The summed E-state index contributed by atoms with van der Waals surface area (Å²) in [6, 6.07) is 4.01. The Kier molecular flexibility index (Phi) is 2.74. The Hall–Kier alpha value is -1.55. The highest BCUT2D eigenvalue weighted by Crippen LogP contribution is 2.35. The molecule has 0 saturated heterocycles. The monoisotopic (exact) mass is 258 g/mol. The molecule has 0 aromatic carbocycles. The fourth-order valence-corrected chi connectivity index (χ4v) is 3.50. The van der Waals surface area contributed by atoms with E-state index in [1.165, 1.54) is 16.9 Å². The summed E-state index contributed by atoms with van der Waals surface area (Å²) in [6.45, 7) is 3.85. The molecule has 0 aliphatic heterocycles. The Morgan fingerprint density at radius 3 is 3.00 bits per heavy atom. The predicted octanol–water partition coefficient (Wildman–Crippen LogP) is 3.07. The van der Waals surface area contributed by atoms with E-state index in [0.717, 1.165) is 34.1 Å². The smallest absolute Gasteiger partial charge is 0.183 e. The first-order valence-corrected chi connectivity index (χ1v) is 6.90. The summed E-state index contributed by atoms with van der Waals surface area (Å²) in [6.07, 6.45) is 3.60. The molecule has 3 rings (SSSR count). The second kappa shape index (κ2) is 4.28. The van der Waals surface area contributed by atoms with Crippen LogP contribution in [0.2, 0.25) is 0 Å². The number of carbonyl (C=O) groups is 1. The van der Waals surface area contributed by atoms with Crippen LogP contribution in [0.4, 0.5) is 0 Å². The Morgan fingerprint density at radius 1 is 1.44 bits per heavy atom. The van der Waals surface area contributed by atoms with Crippen molar-refractivity contribution in [1.82, 2.24) is 9.97 Å². The summed E-state index contributed by atoms with van der Waals surface area (Å²) >= 11 is 1.50. The number of pyridine rings is 1. The van der Waals surface area contributed by atoms with Crippen molar-refractivity contribution in [2.45, 2.75) is 32.6 Å². The van der Waals surface area contributed by atoms with Gasteiger partial charge < -0.3 is 0 Å². The summed E-state index contributed by atoms with van der Waals surface area (Å²) < 4.78 is 0. The van der Waals surface area contributed by atoms with Gasteiger partial charge in [0.25, 0.3) is 0 Å². The van der Waals surface area contributed by atoms with E-state index < -0.39 is 0 Å². The van der Waals surface area contributed by atoms with Crippen LogP contribution in [0.15, 0.2) is 18.3 Å². The van der Waals surface area contributed by atoms with Gasteiger partial charge in [0.15, 0.2) is 5.78 Å². The number of hydrogen-bond donors (Lipinski definition) is 0. The molecule has 2 aromatic heterocycles. The number of Topliss-reactive ketones (excluding diaryl/α,β-unsaturated/α-hetero) is 1. The summed E-state index contributed by atoms with van der Waals surface area (Å²) in [4.78, 5) is 22.1. The van der Waals surface area contributed by atoms with Crippen molar-refractivity contribution in [3.05, 3.63) is 45.2 Å². The molecule has 2 aromatic rings. The number of rotatable bonds is 2. The third-order valence-corrected chi connectivity index (χ3v) is 4.49. The van der Waals surface area contributed by atoms with E-state index in [0.29, 0.717) is 0 Å². The van der Waals surface area contributed by atoms with Crippen molar-refractivity contribution in [3.8, 4) is 0 Å². The molecule has 2 heterocycles. The second-order valence-corrected chi connectivity index (χ2v) is 5.85. The van der Waals surface area contributed by atoms with Gasteiger partial charge in [-0.15, -0.1) is 11.3 Å². The Bertz CT molecular complexity index is 618.